The van der Waals surface area contributed by atoms with E-state index in [0.29, 0.717) is 31.7 Å². The first kappa shape index (κ1) is 21.3. The maximum atomic E-state index is 13.4. The van der Waals surface area contributed by atoms with Crippen LogP contribution in [-0.4, -0.2) is 45.4 Å². The number of piperidine rings is 1. The topological polar surface area (TPSA) is 66.9 Å². The van der Waals surface area contributed by atoms with Gasteiger partial charge in [0.05, 0.1) is 13.0 Å². The van der Waals surface area contributed by atoms with Crippen LogP contribution in [0.5, 0.6) is 5.75 Å². The highest BCUT2D eigenvalue weighted by molar-refractivity contribution is 9.10. The van der Waals surface area contributed by atoms with Gasteiger partial charge < -0.3 is 9.64 Å². The number of fused-ring (bicyclic) bond motifs is 1. The Labute approximate surface area is 186 Å². The summed E-state index contributed by atoms with van der Waals surface area (Å²) in [5.74, 6) is -0.0146. The molecule has 1 saturated heterocycles. The van der Waals surface area contributed by atoms with Crippen molar-refractivity contribution in [2.24, 2.45) is 5.92 Å². The van der Waals surface area contributed by atoms with Gasteiger partial charge in [-0.05, 0) is 67.6 Å². The van der Waals surface area contributed by atoms with Crippen LogP contribution in [0.15, 0.2) is 45.8 Å². The van der Waals surface area contributed by atoms with Gasteiger partial charge in [-0.15, -0.1) is 0 Å². The zero-order valence-corrected chi connectivity index (χ0v) is 19.5. The van der Waals surface area contributed by atoms with E-state index in [-0.39, 0.29) is 23.3 Å². The highest BCUT2D eigenvalue weighted by Crippen LogP contribution is 2.34. The molecule has 0 aromatic heterocycles. The SMILES string of the molecule is COc1ccc(C)cc1S(=O)(=O)N1CCCC(C(=O)N2CCc3cc(Br)ccc32)C1. The van der Waals surface area contributed by atoms with E-state index >= 15 is 0 Å². The predicted octanol–water partition coefficient (Wildman–Crippen LogP) is 3.76. The molecule has 160 valence electrons. The van der Waals surface area contributed by atoms with Crippen molar-refractivity contribution in [3.8, 4) is 5.75 Å². The molecular weight excluding hydrogens is 468 g/mol. The second-order valence-electron chi connectivity index (χ2n) is 7.87. The zero-order valence-electron chi connectivity index (χ0n) is 17.1. The number of benzene rings is 2. The lowest BCUT2D eigenvalue weighted by molar-refractivity contribution is -0.123. The van der Waals surface area contributed by atoms with Crippen LogP contribution in [0.2, 0.25) is 0 Å². The maximum absolute atomic E-state index is 13.4. The smallest absolute Gasteiger partial charge is 0.246 e. The normalized spacial score (nSPS) is 19.6. The zero-order chi connectivity index (χ0) is 21.5. The van der Waals surface area contributed by atoms with Crippen LogP contribution in [-0.2, 0) is 21.2 Å². The van der Waals surface area contributed by atoms with Gasteiger partial charge in [-0.2, -0.15) is 4.31 Å². The molecule has 0 bridgehead atoms. The number of hydrogen-bond donors (Lipinski definition) is 0. The molecule has 0 aliphatic carbocycles. The van der Waals surface area contributed by atoms with Crippen LogP contribution >= 0.6 is 15.9 Å². The maximum Gasteiger partial charge on any atom is 0.246 e. The van der Waals surface area contributed by atoms with E-state index in [2.05, 4.69) is 15.9 Å². The summed E-state index contributed by atoms with van der Waals surface area (Å²) in [6, 6.07) is 11.1. The Hall–Kier alpha value is -1.90. The van der Waals surface area contributed by atoms with E-state index in [1.807, 2.05) is 36.1 Å². The van der Waals surface area contributed by atoms with E-state index in [0.717, 1.165) is 27.7 Å². The summed E-state index contributed by atoms with van der Waals surface area (Å²) in [5, 5.41) is 0. The van der Waals surface area contributed by atoms with E-state index < -0.39 is 10.0 Å². The summed E-state index contributed by atoms with van der Waals surface area (Å²) in [6.45, 7) is 3.09. The summed E-state index contributed by atoms with van der Waals surface area (Å²) in [7, 11) is -2.28. The monoisotopic (exact) mass is 492 g/mol. The minimum absolute atomic E-state index is 0.00665. The van der Waals surface area contributed by atoms with Gasteiger partial charge in [-0.25, -0.2) is 8.42 Å². The fraction of sp³-hybridized carbons (Fsp3) is 0.409. The third-order valence-electron chi connectivity index (χ3n) is 5.87. The van der Waals surface area contributed by atoms with E-state index in [1.165, 1.54) is 11.4 Å². The van der Waals surface area contributed by atoms with Crippen molar-refractivity contribution >= 4 is 37.5 Å². The van der Waals surface area contributed by atoms with Gasteiger partial charge in [-0.3, -0.25) is 4.79 Å². The second-order valence-corrected chi connectivity index (χ2v) is 10.7. The molecule has 1 amide bonds. The fourth-order valence-corrected chi connectivity index (χ4v) is 6.48. The first-order valence-electron chi connectivity index (χ1n) is 10.1. The van der Waals surface area contributed by atoms with Crippen molar-refractivity contribution < 1.29 is 17.9 Å². The number of aryl methyl sites for hydroxylation is 1. The number of amides is 1. The van der Waals surface area contributed by atoms with Crippen molar-refractivity contribution in [1.82, 2.24) is 4.31 Å². The van der Waals surface area contributed by atoms with E-state index in [1.54, 1.807) is 12.1 Å². The van der Waals surface area contributed by atoms with Crippen LogP contribution in [0.3, 0.4) is 0 Å². The average molecular weight is 493 g/mol. The predicted molar refractivity (Wildman–Crippen MR) is 119 cm³/mol. The summed E-state index contributed by atoms with van der Waals surface area (Å²) >= 11 is 3.48. The number of methoxy groups -OCH3 is 1. The summed E-state index contributed by atoms with van der Waals surface area (Å²) < 4.78 is 34.5. The number of halogens is 1. The molecule has 30 heavy (non-hydrogen) atoms. The van der Waals surface area contributed by atoms with Gasteiger partial charge in [0, 0.05) is 29.8 Å². The molecule has 1 fully saturated rings. The molecule has 1 atom stereocenters. The third-order valence-corrected chi connectivity index (χ3v) is 8.25. The highest BCUT2D eigenvalue weighted by atomic mass is 79.9. The lowest BCUT2D eigenvalue weighted by atomic mass is 9.98. The minimum Gasteiger partial charge on any atom is -0.495 e. The number of rotatable bonds is 4. The van der Waals surface area contributed by atoms with Gasteiger partial charge in [0.15, 0.2) is 0 Å². The third kappa shape index (κ3) is 3.88. The van der Waals surface area contributed by atoms with Gasteiger partial charge >= 0.3 is 0 Å². The van der Waals surface area contributed by atoms with Gasteiger partial charge in [-0.1, -0.05) is 22.0 Å². The highest BCUT2D eigenvalue weighted by Gasteiger charge is 2.38. The quantitative estimate of drug-likeness (QED) is 0.651. The number of ether oxygens (including phenoxy) is 1. The van der Waals surface area contributed by atoms with Crippen LogP contribution in [0, 0.1) is 12.8 Å². The van der Waals surface area contributed by atoms with Crippen LogP contribution in [0.25, 0.3) is 0 Å². The van der Waals surface area contributed by atoms with Crippen molar-refractivity contribution in [1.29, 1.82) is 0 Å². The van der Waals surface area contributed by atoms with Crippen LogP contribution in [0.4, 0.5) is 5.69 Å². The van der Waals surface area contributed by atoms with Crippen molar-refractivity contribution in [3.05, 3.63) is 52.0 Å². The molecule has 0 saturated carbocycles. The Morgan fingerprint density at radius 2 is 1.97 bits per heavy atom. The molecule has 6 nitrogen and oxygen atoms in total. The minimum atomic E-state index is -3.75. The largest absolute Gasteiger partial charge is 0.495 e. The van der Waals surface area contributed by atoms with Gasteiger partial charge in [0.1, 0.15) is 10.6 Å². The molecule has 2 heterocycles. The number of sulfonamides is 1. The molecule has 2 aliphatic rings. The number of carbonyl (C=O) groups excluding carboxylic acids is 1. The Balaban J connectivity index is 1.57. The standard InChI is InChI=1S/C22H25BrN2O4S/c1-15-5-8-20(29-2)21(12-15)30(27,28)24-10-3-4-17(14-24)22(26)25-11-9-16-13-18(23)6-7-19(16)25/h5-8,12-13,17H,3-4,9-11,14H2,1-2H3. The summed E-state index contributed by atoms with van der Waals surface area (Å²) in [4.78, 5) is 15.3. The van der Waals surface area contributed by atoms with Crippen molar-refractivity contribution in [2.75, 3.05) is 31.6 Å². The first-order chi connectivity index (χ1) is 14.3. The Kier molecular flexibility index (Phi) is 5.92. The molecule has 1 unspecified atom stereocenters. The van der Waals surface area contributed by atoms with Gasteiger partial charge in [0.25, 0.3) is 0 Å². The second kappa shape index (κ2) is 8.32. The van der Waals surface area contributed by atoms with Crippen molar-refractivity contribution in [3.63, 3.8) is 0 Å². The average Bonchev–Trinajstić information content (AvgIpc) is 3.16. The molecule has 2 aliphatic heterocycles. The number of carbonyl (C=O) groups is 1. The number of anilines is 1. The fourth-order valence-electron chi connectivity index (χ4n) is 4.31. The number of nitrogens with zero attached hydrogens (tertiary/aromatic N) is 2. The molecule has 2 aromatic rings. The van der Waals surface area contributed by atoms with Crippen molar-refractivity contribution in [2.45, 2.75) is 31.1 Å². The lowest BCUT2D eigenvalue weighted by Crippen LogP contribution is -2.46. The van der Waals surface area contributed by atoms with E-state index in [9.17, 15) is 13.2 Å². The van der Waals surface area contributed by atoms with Gasteiger partial charge in [0.2, 0.25) is 15.9 Å². The summed E-state index contributed by atoms with van der Waals surface area (Å²) in [5.41, 5.74) is 2.92. The molecule has 0 radical (unpaired) electrons. The Morgan fingerprint density at radius 3 is 2.73 bits per heavy atom. The molecule has 4 rings (SSSR count). The van der Waals surface area contributed by atoms with Crippen LogP contribution < -0.4 is 9.64 Å². The molecule has 2 aromatic carbocycles. The van der Waals surface area contributed by atoms with Crippen LogP contribution in [0.1, 0.15) is 24.0 Å². The molecule has 0 N–H and O–H groups in total. The number of hydrogen-bond acceptors (Lipinski definition) is 4. The van der Waals surface area contributed by atoms with E-state index in [4.69, 9.17) is 4.74 Å². The molecule has 8 heteroatoms. The summed E-state index contributed by atoms with van der Waals surface area (Å²) in [6.07, 6.45) is 2.17. The molecular formula is C22H25BrN2O4S. The molecule has 0 spiro atoms. The lowest BCUT2D eigenvalue weighted by Gasteiger charge is -2.33. The Bertz CT molecular complexity index is 1090. The first-order valence-corrected chi connectivity index (χ1v) is 12.3. The Morgan fingerprint density at radius 1 is 1.17 bits per heavy atom.